The minimum atomic E-state index is -0.304. The van der Waals surface area contributed by atoms with Gasteiger partial charge in [-0.05, 0) is 41.0 Å². The molecule has 0 aromatic heterocycles. The minimum absolute atomic E-state index is 0.181. The SMILES string of the molecule is O=C(Nc1ccc(-c2ccccc2)c2c1C(=O)NC2)c1cccc(Cl)c1. The molecule has 0 atom stereocenters. The molecule has 1 aliphatic heterocycles. The van der Waals surface area contributed by atoms with Gasteiger partial charge in [0, 0.05) is 17.1 Å². The summed E-state index contributed by atoms with van der Waals surface area (Å²) in [5.74, 6) is -0.485. The molecule has 3 aromatic rings. The lowest BCUT2D eigenvalue weighted by Crippen LogP contribution is -2.17. The third-order valence-corrected chi connectivity index (χ3v) is 4.62. The molecule has 0 aliphatic carbocycles. The highest BCUT2D eigenvalue weighted by molar-refractivity contribution is 6.31. The van der Waals surface area contributed by atoms with Crippen LogP contribution in [0.25, 0.3) is 11.1 Å². The van der Waals surface area contributed by atoms with E-state index in [2.05, 4.69) is 10.6 Å². The van der Waals surface area contributed by atoms with E-state index in [1.54, 1.807) is 30.3 Å². The maximum Gasteiger partial charge on any atom is 0.255 e. The lowest BCUT2D eigenvalue weighted by atomic mass is 9.95. The van der Waals surface area contributed by atoms with Gasteiger partial charge >= 0.3 is 0 Å². The van der Waals surface area contributed by atoms with Gasteiger partial charge in [-0.2, -0.15) is 0 Å². The molecule has 0 unspecified atom stereocenters. The zero-order chi connectivity index (χ0) is 18.1. The average molecular weight is 363 g/mol. The van der Waals surface area contributed by atoms with E-state index in [9.17, 15) is 9.59 Å². The zero-order valence-corrected chi connectivity index (χ0v) is 14.5. The maximum atomic E-state index is 12.5. The van der Waals surface area contributed by atoms with Crippen molar-refractivity contribution in [3.05, 3.63) is 88.4 Å². The minimum Gasteiger partial charge on any atom is -0.348 e. The molecule has 3 aromatic carbocycles. The molecule has 2 N–H and O–H groups in total. The second-order valence-electron chi connectivity index (χ2n) is 6.03. The second kappa shape index (κ2) is 6.65. The molecule has 0 saturated heterocycles. The summed E-state index contributed by atoms with van der Waals surface area (Å²) in [5.41, 5.74) is 4.37. The third-order valence-electron chi connectivity index (χ3n) is 4.39. The van der Waals surface area contributed by atoms with Crippen molar-refractivity contribution < 1.29 is 9.59 Å². The van der Waals surface area contributed by atoms with Gasteiger partial charge in [-0.25, -0.2) is 0 Å². The molecular formula is C21H15ClN2O2. The number of rotatable bonds is 3. The van der Waals surface area contributed by atoms with Gasteiger partial charge in [0.2, 0.25) is 0 Å². The molecule has 0 fully saturated rings. The Morgan fingerprint density at radius 2 is 1.81 bits per heavy atom. The monoisotopic (exact) mass is 362 g/mol. The van der Waals surface area contributed by atoms with Crippen LogP contribution in [0.1, 0.15) is 26.3 Å². The van der Waals surface area contributed by atoms with Crippen LogP contribution < -0.4 is 10.6 Å². The largest absolute Gasteiger partial charge is 0.348 e. The summed E-state index contributed by atoms with van der Waals surface area (Å²) in [5, 5.41) is 6.17. The van der Waals surface area contributed by atoms with E-state index < -0.39 is 0 Å². The summed E-state index contributed by atoms with van der Waals surface area (Å²) in [6.07, 6.45) is 0. The number of anilines is 1. The van der Waals surface area contributed by atoms with Gasteiger partial charge in [0.05, 0.1) is 11.3 Å². The van der Waals surface area contributed by atoms with E-state index in [4.69, 9.17) is 11.6 Å². The first-order chi connectivity index (χ1) is 12.6. The van der Waals surface area contributed by atoms with E-state index in [1.165, 1.54) is 0 Å². The quantitative estimate of drug-likeness (QED) is 0.720. The number of halogens is 1. The van der Waals surface area contributed by atoms with Gasteiger partial charge in [-0.3, -0.25) is 9.59 Å². The number of hydrogen-bond acceptors (Lipinski definition) is 2. The normalized spacial score (nSPS) is 12.4. The summed E-state index contributed by atoms with van der Waals surface area (Å²) in [6.45, 7) is 0.444. The molecule has 0 bridgehead atoms. The highest BCUT2D eigenvalue weighted by Gasteiger charge is 2.26. The zero-order valence-electron chi connectivity index (χ0n) is 13.8. The van der Waals surface area contributed by atoms with E-state index in [0.29, 0.717) is 28.4 Å². The van der Waals surface area contributed by atoms with E-state index in [1.807, 2.05) is 36.4 Å². The van der Waals surface area contributed by atoms with Crippen LogP contribution in [-0.4, -0.2) is 11.8 Å². The van der Waals surface area contributed by atoms with Crippen molar-refractivity contribution in [2.45, 2.75) is 6.54 Å². The van der Waals surface area contributed by atoms with Crippen molar-refractivity contribution in [2.24, 2.45) is 0 Å². The first-order valence-corrected chi connectivity index (χ1v) is 8.58. The summed E-state index contributed by atoms with van der Waals surface area (Å²) in [4.78, 5) is 24.9. The summed E-state index contributed by atoms with van der Waals surface area (Å²) in [7, 11) is 0. The highest BCUT2D eigenvalue weighted by Crippen LogP contribution is 2.34. The Morgan fingerprint density at radius 1 is 1.00 bits per heavy atom. The van der Waals surface area contributed by atoms with Crippen molar-refractivity contribution >= 4 is 29.1 Å². The number of hydrogen-bond donors (Lipinski definition) is 2. The molecule has 4 nitrogen and oxygen atoms in total. The van der Waals surface area contributed by atoms with Crippen LogP contribution in [0.4, 0.5) is 5.69 Å². The maximum absolute atomic E-state index is 12.5. The number of carbonyl (C=O) groups excluding carboxylic acids is 2. The van der Waals surface area contributed by atoms with Crippen LogP contribution in [0.15, 0.2) is 66.7 Å². The number of carbonyl (C=O) groups is 2. The lowest BCUT2D eigenvalue weighted by Gasteiger charge is -2.13. The summed E-state index contributed by atoms with van der Waals surface area (Å²) < 4.78 is 0. The van der Waals surface area contributed by atoms with Crippen molar-refractivity contribution in [1.82, 2.24) is 5.32 Å². The van der Waals surface area contributed by atoms with Gasteiger partial charge in [0.25, 0.3) is 11.8 Å². The number of fused-ring (bicyclic) bond motifs is 1. The van der Waals surface area contributed by atoms with Gasteiger partial charge in [-0.1, -0.05) is 54.1 Å². The Balaban J connectivity index is 1.73. The fraction of sp³-hybridized carbons (Fsp3) is 0.0476. The number of nitrogens with one attached hydrogen (secondary N) is 2. The molecule has 4 rings (SSSR count). The standard InChI is InChI=1S/C21H15ClN2O2/c22-15-8-4-7-14(11-15)20(25)24-18-10-9-16(13-5-2-1-3-6-13)17-12-23-21(26)19(17)18/h1-11H,12H2,(H,23,26)(H,24,25). The van der Waals surface area contributed by atoms with Crippen LogP contribution in [0.3, 0.4) is 0 Å². The van der Waals surface area contributed by atoms with Gasteiger partial charge in [0.1, 0.15) is 0 Å². The molecule has 0 spiro atoms. The number of benzene rings is 3. The van der Waals surface area contributed by atoms with Crippen molar-refractivity contribution in [2.75, 3.05) is 5.32 Å². The molecule has 2 amide bonds. The van der Waals surface area contributed by atoms with Crippen LogP contribution >= 0.6 is 11.6 Å². The van der Waals surface area contributed by atoms with Crippen LogP contribution in [0, 0.1) is 0 Å². The molecule has 0 saturated carbocycles. The van der Waals surface area contributed by atoms with E-state index >= 15 is 0 Å². The van der Waals surface area contributed by atoms with Crippen molar-refractivity contribution in [1.29, 1.82) is 0 Å². The Labute approximate surface area is 155 Å². The first kappa shape index (κ1) is 16.4. The highest BCUT2D eigenvalue weighted by atomic mass is 35.5. The molecule has 1 aliphatic rings. The lowest BCUT2D eigenvalue weighted by molar-refractivity contribution is 0.0966. The molecule has 128 valence electrons. The summed E-state index contributed by atoms with van der Waals surface area (Å²) in [6, 6.07) is 20.3. The smallest absolute Gasteiger partial charge is 0.255 e. The molecule has 1 heterocycles. The fourth-order valence-electron chi connectivity index (χ4n) is 3.16. The van der Waals surface area contributed by atoms with Gasteiger partial charge in [-0.15, -0.1) is 0 Å². The van der Waals surface area contributed by atoms with Crippen molar-refractivity contribution in [3.8, 4) is 11.1 Å². The number of amides is 2. The van der Waals surface area contributed by atoms with Gasteiger partial charge < -0.3 is 10.6 Å². The molecule has 0 radical (unpaired) electrons. The Morgan fingerprint density at radius 3 is 2.58 bits per heavy atom. The van der Waals surface area contributed by atoms with Crippen LogP contribution in [0.2, 0.25) is 5.02 Å². The third kappa shape index (κ3) is 2.95. The Hall–Kier alpha value is -3.11. The van der Waals surface area contributed by atoms with E-state index in [-0.39, 0.29) is 11.8 Å². The van der Waals surface area contributed by atoms with Crippen LogP contribution in [0.5, 0.6) is 0 Å². The summed E-state index contributed by atoms with van der Waals surface area (Å²) >= 11 is 5.95. The van der Waals surface area contributed by atoms with Gasteiger partial charge in [0.15, 0.2) is 0 Å². The first-order valence-electron chi connectivity index (χ1n) is 8.20. The Bertz CT molecular complexity index is 1020. The Kier molecular flexibility index (Phi) is 4.19. The van der Waals surface area contributed by atoms with Crippen molar-refractivity contribution in [3.63, 3.8) is 0 Å². The molecule has 26 heavy (non-hydrogen) atoms. The second-order valence-corrected chi connectivity index (χ2v) is 6.46. The average Bonchev–Trinajstić information content (AvgIpc) is 3.05. The molecular weight excluding hydrogens is 348 g/mol. The topological polar surface area (TPSA) is 58.2 Å². The van der Waals surface area contributed by atoms with Crippen LogP contribution in [-0.2, 0) is 6.54 Å². The fourth-order valence-corrected chi connectivity index (χ4v) is 3.35. The van der Waals surface area contributed by atoms with E-state index in [0.717, 1.165) is 16.7 Å². The molecule has 5 heteroatoms. The predicted octanol–water partition coefficient (Wildman–Crippen LogP) is 4.50. The predicted molar refractivity (Wildman–Crippen MR) is 102 cm³/mol.